The Morgan fingerprint density at radius 2 is 1.46 bits per heavy atom. The number of carboxylic acid groups (broad SMARTS) is 2. The number of carbonyl (C=O) groups excluding carboxylic acids is 2. The Bertz CT molecular complexity index is 1360. The molecule has 2 fully saturated rings. The number of aliphatic carboxylic acids is 2. The number of nitrogens with zero attached hydrogens (tertiary/aromatic N) is 3. The maximum atomic E-state index is 12.7. The largest absolute Gasteiger partial charge is 0.490 e. The van der Waals surface area contributed by atoms with E-state index < -0.39 is 35.3 Å². The van der Waals surface area contributed by atoms with Gasteiger partial charge >= 0.3 is 29.8 Å². The van der Waals surface area contributed by atoms with Crippen molar-refractivity contribution in [1.29, 1.82) is 0 Å². The van der Waals surface area contributed by atoms with Crippen molar-refractivity contribution in [2.75, 3.05) is 32.8 Å². The van der Waals surface area contributed by atoms with Crippen LogP contribution in [0, 0.1) is 0 Å². The van der Waals surface area contributed by atoms with E-state index in [4.69, 9.17) is 19.8 Å². The van der Waals surface area contributed by atoms with Gasteiger partial charge in [-0.25, -0.2) is 9.59 Å². The fourth-order valence-electron chi connectivity index (χ4n) is 4.47. The quantitative estimate of drug-likeness (QED) is 0.243. The average molecular weight is 722 g/mol. The molecule has 1 aromatic carbocycles. The predicted molar refractivity (Wildman–Crippen MR) is 149 cm³/mol. The molecule has 11 nitrogen and oxygen atoms in total. The van der Waals surface area contributed by atoms with E-state index in [-0.39, 0.29) is 28.5 Å². The van der Waals surface area contributed by atoms with Gasteiger partial charge in [-0.1, -0.05) is 6.07 Å². The zero-order valence-electron chi connectivity index (χ0n) is 24.5. The summed E-state index contributed by atoms with van der Waals surface area (Å²) in [5, 5.41) is 20.1. The molecule has 2 aromatic rings. The number of rotatable bonds is 7. The van der Waals surface area contributed by atoms with E-state index in [1.165, 1.54) is 24.3 Å². The van der Waals surface area contributed by atoms with Crippen LogP contribution in [0.5, 0.6) is 0 Å². The van der Waals surface area contributed by atoms with E-state index in [1.54, 1.807) is 6.20 Å². The lowest BCUT2D eigenvalue weighted by Gasteiger charge is -2.42. The standard InChI is InChI=1S/C23H26F3N5O2S.2C2HF3O2/c24-23(25,26)34-19-5-3-18(4-6-19)20(32)28-10-13-30-11-7-22(8-12-30)21(33)29-16-31(22)15-17-2-1-9-27-14-17;2*3-2(4,5)1(6)7/h1-6,9,14H,7-8,10-13,15-16H2,(H,28,32)(H,29,33);2*(H,6,7). The summed E-state index contributed by atoms with van der Waals surface area (Å²) in [6, 6.07) is 9.26. The molecule has 1 aromatic heterocycles. The fraction of sp³-hybridized carbons (Fsp3) is 0.444. The number of piperidine rings is 1. The number of pyridine rings is 1. The van der Waals surface area contributed by atoms with Crippen LogP contribution in [0.2, 0.25) is 0 Å². The molecule has 0 atom stereocenters. The first kappa shape index (κ1) is 40.1. The second kappa shape index (κ2) is 16.8. The molecule has 266 valence electrons. The van der Waals surface area contributed by atoms with Crippen molar-refractivity contribution in [2.45, 2.75) is 47.7 Å². The van der Waals surface area contributed by atoms with Crippen LogP contribution in [0.4, 0.5) is 39.5 Å². The second-order valence-electron chi connectivity index (χ2n) is 10.0. The molecule has 4 rings (SSSR count). The van der Waals surface area contributed by atoms with Crippen LogP contribution in [-0.2, 0) is 20.9 Å². The van der Waals surface area contributed by atoms with Gasteiger partial charge in [0, 0.05) is 55.6 Å². The molecule has 0 radical (unpaired) electrons. The molecule has 2 aliphatic heterocycles. The van der Waals surface area contributed by atoms with Crippen LogP contribution >= 0.6 is 11.8 Å². The van der Waals surface area contributed by atoms with Gasteiger partial charge in [-0.2, -0.15) is 39.5 Å². The number of alkyl halides is 9. The molecule has 2 aliphatic rings. The predicted octanol–water partition coefficient (Wildman–Crippen LogP) is 4.11. The molecule has 0 unspecified atom stereocenters. The molecule has 0 saturated carbocycles. The van der Waals surface area contributed by atoms with Gasteiger partial charge in [-0.15, -0.1) is 0 Å². The number of aromatic nitrogens is 1. The van der Waals surface area contributed by atoms with E-state index in [2.05, 4.69) is 25.4 Å². The van der Waals surface area contributed by atoms with Crippen LogP contribution in [0.3, 0.4) is 0 Å². The maximum Gasteiger partial charge on any atom is 0.490 e. The number of hydrogen-bond acceptors (Lipinski definition) is 8. The van der Waals surface area contributed by atoms with Gasteiger partial charge in [0.25, 0.3) is 5.91 Å². The van der Waals surface area contributed by atoms with Crippen LogP contribution in [0.1, 0.15) is 28.8 Å². The second-order valence-corrected chi connectivity index (χ2v) is 11.2. The highest BCUT2D eigenvalue weighted by Gasteiger charge is 2.50. The molecule has 2 amide bonds. The number of likely N-dealkylation sites (tertiary alicyclic amines) is 1. The summed E-state index contributed by atoms with van der Waals surface area (Å²) in [6.07, 6.45) is -5.22. The topological polar surface area (TPSA) is 152 Å². The van der Waals surface area contributed by atoms with Crippen LogP contribution < -0.4 is 10.6 Å². The first-order chi connectivity index (χ1) is 22.1. The first-order valence-electron chi connectivity index (χ1n) is 13.5. The van der Waals surface area contributed by atoms with Crippen molar-refractivity contribution >= 4 is 35.5 Å². The normalized spacial score (nSPS) is 16.6. The summed E-state index contributed by atoms with van der Waals surface area (Å²) in [5.41, 5.74) is -3.50. The fourth-order valence-corrected chi connectivity index (χ4v) is 5.01. The lowest BCUT2D eigenvalue weighted by molar-refractivity contribution is -0.193. The number of halogens is 9. The number of carbonyl (C=O) groups is 4. The van der Waals surface area contributed by atoms with E-state index >= 15 is 0 Å². The molecule has 3 heterocycles. The molecular formula is C27H28F9N5O6S. The Kier molecular flexibility index (Phi) is 14.0. The zero-order chi connectivity index (χ0) is 36.3. The van der Waals surface area contributed by atoms with Gasteiger partial charge in [0.15, 0.2) is 0 Å². The Morgan fingerprint density at radius 3 is 1.92 bits per heavy atom. The minimum atomic E-state index is -5.08. The first-order valence-corrected chi connectivity index (χ1v) is 14.3. The lowest BCUT2D eigenvalue weighted by atomic mass is 9.86. The third-order valence-corrected chi connectivity index (χ3v) is 7.53. The van der Waals surface area contributed by atoms with Crippen molar-refractivity contribution in [3.63, 3.8) is 0 Å². The van der Waals surface area contributed by atoms with Gasteiger partial charge in [-0.05, 0) is 60.5 Å². The van der Waals surface area contributed by atoms with Crippen LogP contribution in [0.15, 0.2) is 53.7 Å². The van der Waals surface area contributed by atoms with E-state index in [0.717, 1.165) is 18.7 Å². The van der Waals surface area contributed by atoms with E-state index in [0.29, 0.717) is 44.7 Å². The molecular weight excluding hydrogens is 693 g/mol. The summed E-state index contributed by atoms with van der Waals surface area (Å²) in [7, 11) is 0. The van der Waals surface area contributed by atoms with Crippen LogP contribution in [-0.4, -0.2) is 105 Å². The third kappa shape index (κ3) is 12.8. The summed E-state index contributed by atoms with van der Waals surface area (Å²) >= 11 is -0.207. The smallest absolute Gasteiger partial charge is 0.475 e. The van der Waals surface area contributed by atoms with Crippen molar-refractivity contribution in [1.82, 2.24) is 25.4 Å². The van der Waals surface area contributed by atoms with Crippen LogP contribution in [0.25, 0.3) is 0 Å². The number of nitrogens with one attached hydrogen (secondary N) is 2. The highest BCUT2D eigenvalue weighted by Crippen LogP contribution is 2.37. The van der Waals surface area contributed by atoms with E-state index in [9.17, 15) is 49.1 Å². The minimum absolute atomic E-state index is 0.0415. The summed E-state index contributed by atoms with van der Waals surface area (Å²) < 4.78 is 101. The Morgan fingerprint density at radius 1 is 0.917 bits per heavy atom. The Labute approximate surface area is 270 Å². The van der Waals surface area contributed by atoms with Gasteiger partial charge < -0.3 is 25.7 Å². The maximum absolute atomic E-state index is 12.7. The molecule has 48 heavy (non-hydrogen) atoms. The molecule has 4 N–H and O–H groups in total. The van der Waals surface area contributed by atoms with Gasteiger partial charge in [0.05, 0.1) is 6.67 Å². The molecule has 21 heteroatoms. The van der Waals surface area contributed by atoms with Gasteiger partial charge in [0.2, 0.25) is 5.91 Å². The summed E-state index contributed by atoms with van der Waals surface area (Å²) in [5.74, 6) is -5.77. The Balaban J connectivity index is 0.000000479. The molecule has 0 aliphatic carbocycles. The molecule has 1 spiro atoms. The molecule has 0 bridgehead atoms. The SMILES string of the molecule is O=C(NCCN1CCC2(CC1)C(=O)NCN2Cc1cccnc1)c1ccc(SC(F)(F)F)cc1.O=C(O)C(F)(F)F.O=C(O)C(F)(F)F. The summed E-state index contributed by atoms with van der Waals surface area (Å²) in [4.78, 5) is 51.4. The van der Waals surface area contributed by atoms with Gasteiger partial charge in [0.1, 0.15) is 5.54 Å². The lowest BCUT2D eigenvalue weighted by Crippen LogP contribution is -2.56. The average Bonchev–Trinajstić information content (AvgIpc) is 3.27. The monoisotopic (exact) mass is 721 g/mol. The number of thioether (sulfide) groups is 1. The zero-order valence-corrected chi connectivity index (χ0v) is 25.3. The number of hydrogen-bond donors (Lipinski definition) is 4. The minimum Gasteiger partial charge on any atom is -0.475 e. The number of carboxylic acids is 2. The molecule has 2 saturated heterocycles. The van der Waals surface area contributed by atoms with Crippen molar-refractivity contribution < 1.29 is 68.9 Å². The highest BCUT2D eigenvalue weighted by molar-refractivity contribution is 8.00. The van der Waals surface area contributed by atoms with Gasteiger partial charge in [-0.3, -0.25) is 19.5 Å². The van der Waals surface area contributed by atoms with Crippen molar-refractivity contribution in [3.05, 3.63) is 59.9 Å². The van der Waals surface area contributed by atoms with Crippen molar-refractivity contribution in [3.8, 4) is 0 Å². The summed E-state index contributed by atoms with van der Waals surface area (Å²) in [6.45, 7) is 3.68. The third-order valence-electron chi connectivity index (χ3n) is 6.79. The van der Waals surface area contributed by atoms with E-state index in [1.807, 2.05) is 18.3 Å². The number of benzene rings is 1. The number of amides is 2. The Hall–Kier alpha value is -4.11. The highest BCUT2D eigenvalue weighted by atomic mass is 32.2. The van der Waals surface area contributed by atoms with Crippen molar-refractivity contribution in [2.24, 2.45) is 0 Å².